The van der Waals surface area contributed by atoms with E-state index in [0.29, 0.717) is 13.1 Å². The maximum Gasteiger partial charge on any atom is 0.407 e. The lowest BCUT2D eigenvalue weighted by Gasteiger charge is -2.24. The van der Waals surface area contributed by atoms with Crippen LogP contribution in [0.15, 0.2) is 0 Å². The number of hydrogen-bond acceptors (Lipinski definition) is 3. The molecule has 0 aromatic carbocycles. The quantitative estimate of drug-likeness (QED) is 0.709. The van der Waals surface area contributed by atoms with Crippen LogP contribution in [0.2, 0.25) is 0 Å². The van der Waals surface area contributed by atoms with Gasteiger partial charge in [-0.05, 0) is 39.2 Å². The van der Waals surface area contributed by atoms with Crippen LogP contribution in [0.5, 0.6) is 0 Å². The summed E-state index contributed by atoms with van der Waals surface area (Å²) < 4.78 is 41.2. The number of hydrogen-bond donors (Lipinski definition) is 2. The first kappa shape index (κ1) is 20.0. The largest absolute Gasteiger partial charge is 0.444 e. The summed E-state index contributed by atoms with van der Waals surface area (Å²) >= 11 is 0. The molecule has 1 atom stereocenters. The van der Waals surface area contributed by atoms with Crippen LogP contribution in [0.4, 0.5) is 18.0 Å². The number of amides is 1. The topological polar surface area (TPSA) is 50.4 Å². The lowest BCUT2D eigenvalue weighted by molar-refractivity contribution is -0.133. The fourth-order valence-electron chi connectivity index (χ4n) is 1.59. The summed E-state index contributed by atoms with van der Waals surface area (Å²) in [5.74, 6) is 0.282. The van der Waals surface area contributed by atoms with Crippen molar-refractivity contribution >= 4 is 6.09 Å². The standard InChI is InChI=1S/C14H27F3N2O2/c1-10(2)11(8-18-7-6-14(15,16)17)9-19-12(20)21-13(3,4)5/h10-11,18H,6-9H2,1-5H3,(H,19,20). The van der Waals surface area contributed by atoms with E-state index in [1.807, 2.05) is 13.8 Å². The van der Waals surface area contributed by atoms with E-state index in [9.17, 15) is 18.0 Å². The highest BCUT2D eigenvalue weighted by molar-refractivity contribution is 5.67. The number of ether oxygens (including phenoxy) is 1. The van der Waals surface area contributed by atoms with E-state index in [1.54, 1.807) is 20.8 Å². The zero-order chi connectivity index (χ0) is 16.7. The minimum Gasteiger partial charge on any atom is -0.444 e. The molecule has 0 saturated heterocycles. The zero-order valence-electron chi connectivity index (χ0n) is 13.4. The summed E-state index contributed by atoms with van der Waals surface area (Å²) in [4.78, 5) is 11.5. The van der Waals surface area contributed by atoms with Gasteiger partial charge in [0.25, 0.3) is 0 Å². The molecule has 0 radical (unpaired) electrons. The van der Waals surface area contributed by atoms with Gasteiger partial charge in [0.1, 0.15) is 5.60 Å². The van der Waals surface area contributed by atoms with Crippen LogP contribution in [-0.4, -0.2) is 37.5 Å². The second-order valence-electron chi connectivity index (χ2n) is 6.46. The summed E-state index contributed by atoms with van der Waals surface area (Å²) in [5.41, 5.74) is -0.567. The van der Waals surface area contributed by atoms with Gasteiger partial charge in [0, 0.05) is 13.1 Å². The third kappa shape index (κ3) is 12.5. The molecular formula is C14H27F3N2O2. The summed E-state index contributed by atoms with van der Waals surface area (Å²) in [7, 11) is 0. The third-order valence-corrected chi connectivity index (χ3v) is 2.84. The van der Waals surface area contributed by atoms with Gasteiger partial charge in [-0.2, -0.15) is 13.2 Å². The monoisotopic (exact) mass is 312 g/mol. The van der Waals surface area contributed by atoms with Crippen molar-refractivity contribution in [1.29, 1.82) is 0 Å². The lowest BCUT2D eigenvalue weighted by atomic mass is 9.96. The number of halogens is 3. The van der Waals surface area contributed by atoms with Crippen molar-refractivity contribution in [3.8, 4) is 0 Å². The molecule has 126 valence electrons. The zero-order valence-corrected chi connectivity index (χ0v) is 13.4. The maximum absolute atomic E-state index is 12.0. The average Bonchev–Trinajstić information content (AvgIpc) is 2.23. The molecule has 0 fully saturated rings. The van der Waals surface area contributed by atoms with E-state index in [4.69, 9.17) is 4.74 Å². The molecule has 2 N–H and O–H groups in total. The van der Waals surface area contributed by atoms with Crippen LogP contribution in [0.1, 0.15) is 41.0 Å². The van der Waals surface area contributed by atoms with Crippen molar-refractivity contribution < 1.29 is 22.7 Å². The molecule has 1 unspecified atom stereocenters. The molecule has 0 rings (SSSR count). The number of alkyl halides is 3. The molecule has 0 bridgehead atoms. The van der Waals surface area contributed by atoms with Crippen molar-refractivity contribution in [2.24, 2.45) is 11.8 Å². The molecule has 0 saturated carbocycles. The van der Waals surface area contributed by atoms with Crippen molar-refractivity contribution in [3.63, 3.8) is 0 Å². The Morgan fingerprint density at radius 1 is 1.14 bits per heavy atom. The van der Waals surface area contributed by atoms with E-state index in [0.717, 1.165) is 0 Å². The minimum absolute atomic E-state index is 0.0470. The molecule has 0 aliphatic heterocycles. The van der Waals surface area contributed by atoms with Crippen LogP contribution >= 0.6 is 0 Å². The summed E-state index contributed by atoms with van der Waals surface area (Å²) in [6.07, 6.45) is -5.50. The van der Waals surface area contributed by atoms with Gasteiger partial charge in [-0.15, -0.1) is 0 Å². The molecule has 0 aromatic heterocycles. The molecule has 0 aliphatic carbocycles. The van der Waals surface area contributed by atoms with Crippen molar-refractivity contribution in [2.45, 2.75) is 52.8 Å². The van der Waals surface area contributed by atoms with E-state index >= 15 is 0 Å². The van der Waals surface area contributed by atoms with Crippen LogP contribution < -0.4 is 10.6 Å². The van der Waals surface area contributed by atoms with Crippen molar-refractivity contribution in [3.05, 3.63) is 0 Å². The highest BCUT2D eigenvalue weighted by Gasteiger charge is 2.26. The molecule has 0 heterocycles. The average molecular weight is 312 g/mol. The fraction of sp³-hybridized carbons (Fsp3) is 0.929. The Morgan fingerprint density at radius 2 is 1.71 bits per heavy atom. The van der Waals surface area contributed by atoms with Gasteiger partial charge in [0.2, 0.25) is 0 Å². The highest BCUT2D eigenvalue weighted by atomic mass is 19.4. The van der Waals surface area contributed by atoms with Crippen LogP contribution in [0.3, 0.4) is 0 Å². The first-order valence-electron chi connectivity index (χ1n) is 7.15. The van der Waals surface area contributed by atoms with Gasteiger partial charge in [-0.3, -0.25) is 0 Å². The van der Waals surface area contributed by atoms with Crippen molar-refractivity contribution in [2.75, 3.05) is 19.6 Å². The predicted octanol–water partition coefficient (Wildman–Crippen LogP) is 3.33. The van der Waals surface area contributed by atoms with Crippen LogP contribution in [0.25, 0.3) is 0 Å². The van der Waals surface area contributed by atoms with Gasteiger partial charge < -0.3 is 15.4 Å². The molecule has 21 heavy (non-hydrogen) atoms. The molecule has 1 amide bonds. The Balaban J connectivity index is 4.06. The molecular weight excluding hydrogens is 285 g/mol. The van der Waals surface area contributed by atoms with E-state index < -0.39 is 24.3 Å². The molecule has 4 nitrogen and oxygen atoms in total. The van der Waals surface area contributed by atoms with Crippen LogP contribution in [0, 0.1) is 11.8 Å². The van der Waals surface area contributed by atoms with E-state index in [1.165, 1.54) is 0 Å². The second-order valence-corrected chi connectivity index (χ2v) is 6.46. The molecule has 0 spiro atoms. The smallest absolute Gasteiger partial charge is 0.407 e. The second kappa shape index (κ2) is 8.46. The summed E-state index contributed by atoms with van der Waals surface area (Å²) in [6, 6.07) is 0. The van der Waals surface area contributed by atoms with Gasteiger partial charge in [0.05, 0.1) is 6.42 Å². The fourth-order valence-corrected chi connectivity index (χ4v) is 1.59. The third-order valence-electron chi connectivity index (χ3n) is 2.84. The van der Waals surface area contributed by atoms with Crippen LogP contribution in [-0.2, 0) is 4.74 Å². The number of rotatable bonds is 7. The Bertz CT molecular complexity index is 312. The normalized spacial score (nSPS) is 14.1. The molecule has 0 aromatic rings. The molecule has 7 heteroatoms. The summed E-state index contributed by atoms with van der Waals surface area (Å²) in [6.45, 7) is 9.91. The van der Waals surface area contributed by atoms with Gasteiger partial charge >= 0.3 is 12.3 Å². The minimum atomic E-state index is -4.14. The SMILES string of the molecule is CC(C)C(CNCCC(F)(F)F)CNC(=O)OC(C)(C)C. The van der Waals surface area contributed by atoms with Crippen molar-refractivity contribution in [1.82, 2.24) is 10.6 Å². The van der Waals surface area contributed by atoms with Gasteiger partial charge in [-0.1, -0.05) is 13.8 Å². The Hall–Kier alpha value is -0.980. The first-order valence-corrected chi connectivity index (χ1v) is 7.15. The van der Waals surface area contributed by atoms with Gasteiger partial charge in [0.15, 0.2) is 0 Å². The summed E-state index contributed by atoms with van der Waals surface area (Å²) in [5, 5.41) is 5.44. The number of carbonyl (C=O) groups is 1. The molecule has 0 aliphatic rings. The highest BCUT2D eigenvalue weighted by Crippen LogP contribution is 2.18. The Morgan fingerprint density at radius 3 is 2.14 bits per heavy atom. The number of alkyl carbamates (subject to hydrolysis) is 1. The maximum atomic E-state index is 12.0. The van der Waals surface area contributed by atoms with E-state index in [-0.39, 0.29) is 18.4 Å². The van der Waals surface area contributed by atoms with E-state index in [2.05, 4.69) is 10.6 Å². The predicted molar refractivity (Wildman–Crippen MR) is 76.1 cm³/mol. The first-order chi connectivity index (χ1) is 9.41. The Kier molecular flexibility index (Phi) is 8.06. The Labute approximate surface area is 124 Å². The lowest BCUT2D eigenvalue weighted by Crippen LogP contribution is -2.40. The number of nitrogens with one attached hydrogen (secondary N) is 2. The number of carbonyl (C=O) groups excluding carboxylic acids is 1. The van der Waals surface area contributed by atoms with Gasteiger partial charge in [-0.25, -0.2) is 4.79 Å².